The molecule has 1 rings (SSSR count). The van der Waals surface area contributed by atoms with E-state index in [2.05, 4.69) is 10.1 Å². The Morgan fingerprint density at radius 2 is 2.23 bits per heavy atom. The van der Waals surface area contributed by atoms with Crippen LogP contribution in [0.2, 0.25) is 0 Å². The summed E-state index contributed by atoms with van der Waals surface area (Å²) < 4.78 is 4.58. The Bertz CT molecular complexity index is 311. The highest BCUT2D eigenvalue weighted by Gasteiger charge is 2.19. The van der Waals surface area contributed by atoms with Gasteiger partial charge in [-0.15, -0.1) is 0 Å². The minimum Gasteiger partial charge on any atom is -0.466 e. The zero-order valence-electron chi connectivity index (χ0n) is 7.64. The first-order valence-electron chi connectivity index (χ1n) is 3.98. The van der Waals surface area contributed by atoms with E-state index in [1.165, 1.54) is 7.11 Å². The Kier molecular flexibility index (Phi) is 2.88. The van der Waals surface area contributed by atoms with Gasteiger partial charge >= 0.3 is 5.97 Å². The highest BCUT2D eigenvalue weighted by atomic mass is 16.5. The van der Waals surface area contributed by atoms with Crippen LogP contribution in [0.1, 0.15) is 19.8 Å². The zero-order valence-corrected chi connectivity index (χ0v) is 7.64. The molecule has 4 nitrogen and oxygen atoms in total. The van der Waals surface area contributed by atoms with Crippen LogP contribution in [-0.4, -0.2) is 19.0 Å². The average molecular weight is 181 g/mol. The van der Waals surface area contributed by atoms with Crippen LogP contribution < -0.4 is 5.32 Å². The molecule has 0 bridgehead atoms. The Morgan fingerprint density at radius 3 is 2.69 bits per heavy atom. The van der Waals surface area contributed by atoms with E-state index in [0.717, 1.165) is 0 Å². The van der Waals surface area contributed by atoms with Crippen LogP contribution >= 0.6 is 0 Å². The number of nitrogens with one attached hydrogen (secondary N) is 1. The molecular weight excluding hydrogens is 170 g/mol. The number of rotatable bonds is 1. The van der Waals surface area contributed by atoms with Crippen molar-refractivity contribution in [2.24, 2.45) is 0 Å². The second-order valence-corrected chi connectivity index (χ2v) is 2.80. The van der Waals surface area contributed by atoms with Gasteiger partial charge in [0.2, 0.25) is 0 Å². The van der Waals surface area contributed by atoms with E-state index >= 15 is 0 Å². The lowest BCUT2D eigenvalue weighted by Gasteiger charge is -2.18. The number of esters is 1. The summed E-state index contributed by atoms with van der Waals surface area (Å²) in [6.07, 6.45) is 1.06. The summed E-state index contributed by atoms with van der Waals surface area (Å²) in [5.41, 5.74) is 1.77. The van der Waals surface area contributed by atoms with Crippen LogP contribution in [0.5, 0.6) is 0 Å². The molecule has 0 radical (unpaired) electrons. The summed E-state index contributed by atoms with van der Waals surface area (Å²) in [4.78, 5) is 21.4. The summed E-state index contributed by atoms with van der Waals surface area (Å²) in [7, 11) is 1.34. The van der Waals surface area contributed by atoms with Gasteiger partial charge in [-0.25, -0.2) is 9.59 Å². The molecule has 1 aliphatic heterocycles. The zero-order chi connectivity index (χ0) is 9.84. The molecule has 0 aromatic carbocycles. The molecule has 0 aromatic heterocycles. The number of carbonyl (C=O) groups excluding carboxylic acids is 2. The van der Waals surface area contributed by atoms with Gasteiger partial charge in [0, 0.05) is 12.1 Å². The van der Waals surface area contributed by atoms with Crippen LogP contribution in [0.25, 0.3) is 0 Å². The number of hydrogen-bond donors (Lipinski definition) is 1. The van der Waals surface area contributed by atoms with E-state index < -0.39 is 0 Å². The van der Waals surface area contributed by atoms with Gasteiger partial charge in [0.15, 0.2) is 0 Å². The smallest absolute Gasteiger partial charge is 0.335 e. The van der Waals surface area contributed by atoms with Crippen LogP contribution in [0, 0.1) is 0 Å². The predicted molar refractivity (Wildman–Crippen MR) is 46.3 cm³/mol. The van der Waals surface area contributed by atoms with Crippen molar-refractivity contribution in [3.8, 4) is 0 Å². The second kappa shape index (κ2) is 3.92. The molecule has 4 heteroatoms. The maximum Gasteiger partial charge on any atom is 0.335 e. The van der Waals surface area contributed by atoms with Crippen molar-refractivity contribution < 1.29 is 14.3 Å². The summed E-state index contributed by atoms with van der Waals surface area (Å²) in [5.74, 6) is 1.44. The summed E-state index contributed by atoms with van der Waals surface area (Å²) in [6, 6.07) is 0. The van der Waals surface area contributed by atoms with E-state index in [1.54, 1.807) is 12.9 Å². The van der Waals surface area contributed by atoms with Gasteiger partial charge in [-0.2, -0.15) is 0 Å². The fraction of sp³-hybridized carbons (Fsp3) is 0.444. The fourth-order valence-electron chi connectivity index (χ4n) is 1.26. The molecule has 1 aliphatic rings. The van der Waals surface area contributed by atoms with E-state index in [4.69, 9.17) is 0 Å². The molecule has 0 atom stereocenters. The molecule has 1 heterocycles. The lowest BCUT2D eigenvalue weighted by atomic mass is 10.0. The van der Waals surface area contributed by atoms with Gasteiger partial charge < -0.3 is 10.1 Å². The number of allylic oxidation sites excluding steroid dienone is 2. The molecule has 0 amide bonds. The van der Waals surface area contributed by atoms with Crippen LogP contribution in [0.3, 0.4) is 0 Å². The van der Waals surface area contributed by atoms with Crippen molar-refractivity contribution in [2.75, 3.05) is 7.11 Å². The topological polar surface area (TPSA) is 55.4 Å². The third-order valence-electron chi connectivity index (χ3n) is 1.97. The third kappa shape index (κ3) is 1.98. The maximum absolute atomic E-state index is 11.1. The number of hydrogen-bond acceptors (Lipinski definition) is 4. The molecule has 13 heavy (non-hydrogen) atoms. The van der Waals surface area contributed by atoms with E-state index in [9.17, 15) is 9.59 Å². The van der Waals surface area contributed by atoms with Crippen LogP contribution in [0.4, 0.5) is 0 Å². The normalized spacial score (nSPS) is 16.3. The van der Waals surface area contributed by atoms with Crippen molar-refractivity contribution >= 4 is 11.9 Å². The fourth-order valence-corrected chi connectivity index (χ4v) is 1.26. The molecule has 0 spiro atoms. The van der Waals surface area contributed by atoms with Gasteiger partial charge in [-0.3, -0.25) is 0 Å². The molecule has 0 aromatic rings. The molecule has 0 saturated carbocycles. The van der Waals surface area contributed by atoms with Crippen molar-refractivity contribution in [1.29, 1.82) is 0 Å². The first-order valence-corrected chi connectivity index (χ1v) is 3.98. The molecule has 0 saturated heterocycles. The third-order valence-corrected chi connectivity index (χ3v) is 1.97. The SMILES string of the molecule is COC(=O)C1=C(C)NC(=C=O)CC1. The van der Waals surface area contributed by atoms with Crippen LogP contribution in [-0.2, 0) is 14.3 Å². The predicted octanol–water partition coefficient (Wildman–Crippen LogP) is 0.532. The van der Waals surface area contributed by atoms with Crippen molar-refractivity contribution in [3.05, 3.63) is 17.0 Å². The first kappa shape index (κ1) is 9.55. The van der Waals surface area contributed by atoms with Crippen molar-refractivity contribution in [2.45, 2.75) is 19.8 Å². The molecular formula is C9H11NO3. The lowest BCUT2D eigenvalue weighted by Crippen LogP contribution is -2.22. The van der Waals surface area contributed by atoms with Gasteiger partial charge in [0.25, 0.3) is 0 Å². The summed E-state index contributed by atoms with van der Waals surface area (Å²) >= 11 is 0. The minimum atomic E-state index is -0.338. The maximum atomic E-state index is 11.1. The molecule has 0 aliphatic carbocycles. The first-order chi connectivity index (χ1) is 6.19. The van der Waals surface area contributed by atoms with Gasteiger partial charge in [0.05, 0.1) is 12.7 Å². The Morgan fingerprint density at radius 1 is 1.54 bits per heavy atom. The Labute approximate surface area is 76.3 Å². The monoisotopic (exact) mass is 181 g/mol. The standard InChI is InChI=1S/C9H11NO3/c1-6-8(9(12)13-2)4-3-7(5-11)10-6/h10H,3-4H2,1-2H3. The second-order valence-electron chi connectivity index (χ2n) is 2.80. The summed E-state index contributed by atoms with van der Waals surface area (Å²) in [5, 5.41) is 2.80. The highest BCUT2D eigenvalue weighted by molar-refractivity contribution is 5.89. The lowest BCUT2D eigenvalue weighted by molar-refractivity contribution is -0.136. The van der Waals surface area contributed by atoms with Gasteiger partial charge in [-0.05, 0) is 13.3 Å². The quantitative estimate of drug-likeness (QED) is 0.473. The van der Waals surface area contributed by atoms with Gasteiger partial charge in [-0.1, -0.05) is 0 Å². The Balaban J connectivity index is 2.88. The average Bonchev–Trinajstić information content (AvgIpc) is 2.16. The molecule has 1 N–H and O–H groups in total. The van der Waals surface area contributed by atoms with Crippen LogP contribution in [0.15, 0.2) is 17.0 Å². The highest BCUT2D eigenvalue weighted by Crippen LogP contribution is 2.19. The largest absolute Gasteiger partial charge is 0.466 e. The van der Waals surface area contributed by atoms with E-state index in [0.29, 0.717) is 29.8 Å². The number of carbonyl (C=O) groups is 1. The van der Waals surface area contributed by atoms with Crippen molar-refractivity contribution in [1.82, 2.24) is 5.32 Å². The summed E-state index contributed by atoms with van der Waals surface area (Å²) in [6.45, 7) is 1.74. The minimum absolute atomic E-state index is 0.338. The van der Waals surface area contributed by atoms with E-state index in [-0.39, 0.29) is 5.97 Å². The molecule has 0 unspecified atom stereocenters. The molecule has 0 fully saturated rings. The number of methoxy groups -OCH3 is 1. The Hall–Kier alpha value is -1.54. The molecule has 70 valence electrons. The number of ether oxygens (including phenoxy) is 1. The van der Waals surface area contributed by atoms with Crippen molar-refractivity contribution in [3.63, 3.8) is 0 Å². The van der Waals surface area contributed by atoms with Gasteiger partial charge in [0.1, 0.15) is 11.6 Å². The van der Waals surface area contributed by atoms with E-state index in [1.807, 2.05) is 0 Å².